The maximum Gasteiger partial charge on any atom is 0.275 e. The van der Waals surface area contributed by atoms with Crippen molar-refractivity contribution in [2.45, 2.75) is 6.92 Å². The Morgan fingerprint density at radius 3 is 2.61 bits per heavy atom. The summed E-state index contributed by atoms with van der Waals surface area (Å²) in [4.78, 5) is 20.2. The number of carbonyl (C=O) groups excluding carboxylic acids is 1. The SMILES string of the molecule is Cc1nc(NC(=O)c2cccc(Br)n2)ccc1Br. The largest absolute Gasteiger partial charge is 0.305 e. The zero-order chi connectivity index (χ0) is 13.1. The van der Waals surface area contributed by atoms with E-state index in [0.29, 0.717) is 16.1 Å². The van der Waals surface area contributed by atoms with Crippen LogP contribution in [-0.4, -0.2) is 15.9 Å². The normalized spacial score (nSPS) is 10.2. The Morgan fingerprint density at radius 2 is 1.94 bits per heavy atom. The van der Waals surface area contributed by atoms with E-state index >= 15 is 0 Å². The van der Waals surface area contributed by atoms with Crippen LogP contribution in [0.15, 0.2) is 39.4 Å². The van der Waals surface area contributed by atoms with Gasteiger partial charge in [-0.2, -0.15) is 0 Å². The molecule has 2 heterocycles. The molecule has 2 aromatic heterocycles. The highest BCUT2D eigenvalue weighted by Gasteiger charge is 2.09. The van der Waals surface area contributed by atoms with Gasteiger partial charge in [-0.05, 0) is 63.0 Å². The second-order valence-corrected chi connectivity index (χ2v) is 5.23. The van der Waals surface area contributed by atoms with Crippen LogP contribution in [0.25, 0.3) is 0 Å². The number of halogens is 2. The van der Waals surface area contributed by atoms with Gasteiger partial charge in [-0.3, -0.25) is 4.79 Å². The van der Waals surface area contributed by atoms with Crippen molar-refractivity contribution in [1.29, 1.82) is 0 Å². The second kappa shape index (κ2) is 5.58. The predicted octanol–water partition coefficient (Wildman–Crippen LogP) is 3.56. The van der Waals surface area contributed by atoms with Crippen molar-refractivity contribution in [2.24, 2.45) is 0 Å². The van der Waals surface area contributed by atoms with Crippen LogP contribution in [0.3, 0.4) is 0 Å². The number of hydrogen-bond acceptors (Lipinski definition) is 3. The molecule has 6 heteroatoms. The van der Waals surface area contributed by atoms with Gasteiger partial charge in [0.1, 0.15) is 16.1 Å². The summed E-state index contributed by atoms with van der Waals surface area (Å²) >= 11 is 6.58. The molecule has 0 atom stereocenters. The Hall–Kier alpha value is -1.27. The molecule has 2 rings (SSSR count). The number of amides is 1. The number of rotatable bonds is 2. The molecule has 0 saturated heterocycles. The van der Waals surface area contributed by atoms with Crippen LogP contribution < -0.4 is 5.32 Å². The third kappa shape index (κ3) is 3.14. The van der Waals surface area contributed by atoms with Crippen molar-refractivity contribution in [1.82, 2.24) is 9.97 Å². The Balaban J connectivity index is 2.18. The molecule has 0 aromatic carbocycles. The number of hydrogen-bond donors (Lipinski definition) is 1. The molecule has 0 aliphatic carbocycles. The fourth-order valence-electron chi connectivity index (χ4n) is 1.33. The number of aryl methyl sites for hydroxylation is 1. The van der Waals surface area contributed by atoms with Crippen molar-refractivity contribution in [3.63, 3.8) is 0 Å². The van der Waals surface area contributed by atoms with Crippen LogP contribution in [0, 0.1) is 6.92 Å². The molecule has 18 heavy (non-hydrogen) atoms. The summed E-state index contributed by atoms with van der Waals surface area (Å²) in [5.74, 6) is 0.216. The molecule has 0 aliphatic heterocycles. The quantitative estimate of drug-likeness (QED) is 0.822. The lowest BCUT2D eigenvalue weighted by Gasteiger charge is -2.05. The summed E-state index contributed by atoms with van der Waals surface area (Å²) in [7, 11) is 0. The molecule has 92 valence electrons. The Morgan fingerprint density at radius 1 is 1.17 bits per heavy atom. The molecule has 0 unspecified atom stereocenters. The monoisotopic (exact) mass is 369 g/mol. The molecule has 1 N–H and O–H groups in total. The lowest BCUT2D eigenvalue weighted by atomic mass is 10.3. The summed E-state index contributed by atoms with van der Waals surface area (Å²) in [5.41, 5.74) is 1.15. The standard InChI is InChI=1S/C12H9Br2N3O/c1-7-8(13)5-6-11(15-7)17-12(18)9-3-2-4-10(14)16-9/h2-6H,1H3,(H,15,17,18). The summed E-state index contributed by atoms with van der Waals surface area (Å²) in [6, 6.07) is 8.73. The van der Waals surface area contributed by atoms with Crippen LogP contribution >= 0.6 is 31.9 Å². The van der Waals surface area contributed by atoms with Gasteiger partial charge in [0.2, 0.25) is 0 Å². The minimum Gasteiger partial charge on any atom is -0.305 e. The minimum absolute atomic E-state index is 0.287. The van der Waals surface area contributed by atoms with Crippen LogP contribution in [0.2, 0.25) is 0 Å². The predicted molar refractivity (Wildman–Crippen MR) is 76.6 cm³/mol. The van der Waals surface area contributed by atoms with Crippen molar-refractivity contribution in [2.75, 3.05) is 5.32 Å². The fraction of sp³-hybridized carbons (Fsp3) is 0.0833. The Kier molecular flexibility index (Phi) is 4.08. The third-order valence-corrected chi connectivity index (χ3v) is 3.49. The Bertz CT molecular complexity index is 602. The first kappa shape index (κ1) is 13.2. The Labute approximate surface area is 121 Å². The van der Waals surface area contributed by atoms with Gasteiger partial charge in [-0.15, -0.1) is 0 Å². The van der Waals surface area contributed by atoms with Crippen LogP contribution in [0.4, 0.5) is 5.82 Å². The van der Waals surface area contributed by atoms with Crippen LogP contribution in [-0.2, 0) is 0 Å². The molecule has 1 amide bonds. The number of aromatic nitrogens is 2. The summed E-state index contributed by atoms with van der Waals surface area (Å²) in [5, 5.41) is 2.70. The number of carbonyl (C=O) groups is 1. The van der Waals surface area contributed by atoms with E-state index in [1.807, 2.05) is 13.0 Å². The summed E-state index contributed by atoms with van der Waals surface area (Å²) in [6.45, 7) is 1.86. The van der Waals surface area contributed by atoms with E-state index in [1.165, 1.54) is 0 Å². The molecule has 0 saturated carbocycles. The fourth-order valence-corrected chi connectivity index (χ4v) is 1.89. The molecule has 0 fully saturated rings. The molecule has 2 aromatic rings. The van der Waals surface area contributed by atoms with Gasteiger partial charge < -0.3 is 5.32 Å². The van der Waals surface area contributed by atoms with Crippen LogP contribution in [0.5, 0.6) is 0 Å². The summed E-state index contributed by atoms with van der Waals surface area (Å²) in [6.07, 6.45) is 0. The number of anilines is 1. The second-order valence-electron chi connectivity index (χ2n) is 3.56. The van der Waals surface area contributed by atoms with Crippen LogP contribution in [0.1, 0.15) is 16.2 Å². The number of nitrogens with zero attached hydrogens (tertiary/aromatic N) is 2. The van der Waals surface area contributed by atoms with Crippen molar-refractivity contribution in [3.8, 4) is 0 Å². The van der Waals surface area contributed by atoms with E-state index in [-0.39, 0.29) is 5.91 Å². The highest BCUT2D eigenvalue weighted by molar-refractivity contribution is 9.10. The maximum atomic E-state index is 11.9. The van der Waals surface area contributed by atoms with Crippen molar-refractivity contribution in [3.05, 3.63) is 50.8 Å². The van der Waals surface area contributed by atoms with E-state index in [4.69, 9.17) is 0 Å². The maximum absolute atomic E-state index is 11.9. The van der Waals surface area contributed by atoms with Crippen molar-refractivity contribution < 1.29 is 4.79 Å². The van der Waals surface area contributed by atoms with E-state index in [2.05, 4.69) is 47.1 Å². The van der Waals surface area contributed by atoms with Gasteiger partial charge in [0, 0.05) is 4.47 Å². The molecule has 0 radical (unpaired) electrons. The first-order valence-electron chi connectivity index (χ1n) is 5.13. The minimum atomic E-state index is -0.287. The zero-order valence-electron chi connectivity index (χ0n) is 9.45. The lowest BCUT2D eigenvalue weighted by Crippen LogP contribution is -2.14. The molecule has 0 spiro atoms. The van der Waals surface area contributed by atoms with Gasteiger partial charge in [0.05, 0.1) is 5.69 Å². The smallest absolute Gasteiger partial charge is 0.275 e. The molecule has 4 nitrogen and oxygen atoms in total. The highest BCUT2D eigenvalue weighted by Crippen LogP contribution is 2.16. The van der Waals surface area contributed by atoms with E-state index in [9.17, 15) is 4.79 Å². The molecular formula is C12H9Br2N3O. The van der Waals surface area contributed by atoms with E-state index in [1.54, 1.807) is 24.3 Å². The van der Waals surface area contributed by atoms with Gasteiger partial charge in [-0.25, -0.2) is 9.97 Å². The molecular weight excluding hydrogens is 362 g/mol. The topological polar surface area (TPSA) is 54.9 Å². The third-order valence-electron chi connectivity index (χ3n) is 2.21. The average Bonchev–Trinajstić information content (AvgIpc) is 2.34. The van der Waals surface area contributed by atoms with E-state index in [0.717, 1.165) is 10.2 Å². The van der Waals surface area contributed by atoms with Gasteiger partial charge in [0.15, 0.2) is 0 Å². The molecule has 0 bridgehead atoms. The molecule has 0 aliphatic rings. The number of nitrogens with one attached hydrogen (secondary N) is 1. The number of pyridine rings is 2. The lowest BCUT2D eigenvalue weighted by molar-refractivity contribution is 0.102. The van der Waals surface area contributed by atoms with Gasteiger partial charge in [0.25, 0.3) is 5.91 Å². The average molecular weight is 371 g/mol. The van der Waals surface area contributed by atoms with Gasteiger partial charge in [-0.1, -0.05) is 6.07 Å². The first-order chi connectivity index (χ1) is 8.56. The zero-order valence-corrected chi connectivity index (χ0v) is 12.6. The van der Waals surface area contributed by atoms with Gasteiger partial charge >= 0.3 is 0 Å². The highest BCUT2D eigenvalue weighted by atomic mass is 79.9. The summed E-state index contributed by atoms with van der Waals surface area (Å²) < 4.78 is 1.52. The van der Waals surface area contributed by atoms with E-state index < -0.39 is 0 Å². The van der Waals surface area contributed by atoms with Crippen molar-refractivity contribution >= 4 is 43.6 Å². The first-order valence-corrected chi connectivity index (χ1v) is 6.72.